The molecule has 0 saturated carbocycles. The maximum atomic E-state index is 13.1. The number of hydrogen-bond donors (Lipinski definition) is 1. The van der Waals surface area contributed by atoms with Gasteiger partial charge in [-0.05, 0) is 49.1 Å². The van der Waals surface area contributed by atoms with Crippen LogP contribution in [0.1, 0.15) is 31.4 Å². The van der Waals surface area contributed by atoms with Crippen LogP contribution in [-0.2, 0) is 0 Å². The Kier molecular flexibility index (Phi) is 3.27. The summed E-state index contributed by atoms with van der Waals surface area (Å²) in [6.07, 6.45) is 2.24. The summed E-state index contributed by atoms with van der Waals surface area (Å²) in [4.78, 5) is 0. The number of nitrogens with one attached hydrogen (secondary N) is 1. The van der Waals surface area contributed by atoms with Crippen molar-refractivity contribution in [3.63, 3.8) is 0 Å². The first kappa shape index (κ1) is 10.9. The van der Waals surface area contributed by atoms with Gasteiger partial charge in [0.15, 0.2) is 0 Å². The van der Waals surface area contributed by atoms with Gasteiger partial charge in [0.2, 0.25) is 0 Å². The molecule has 3 heteroatoms. The molecule has 0 amide bonds. The molecule has 1 aliphatic heterocycles. The van der Waals surface area contributed by atoms with Crippen LogP contribution in [0.2, 0.25) is 5.02 Å². The topological polar surface area (TPSA) is 12.0 Å². The highest BCUT2D eigenvalue weighted by Crippen LogP contribution is 2.27. The van der Waals surface area contributed by atoms with Gasteiger partial charge < -0.3 is 5.32 Å². The molecule has 1 aliphatic rings. The van der Waals surface area contributed by atoms with Crippen molar-refractivity contribution in [3.8, 4) is 0 Å². The summed E-state index contributed by atoms with van der Waals surface area (Å²) in [6, 6.07) is 5.02. The summed E-state index contributed by atoms with van der Waals surface area (Å²) >= 11 is 5.83. The van der Waals surface area contributed by atoms with Gasteiger partial charge in [-0.2, -0.15) is 0 Å². The quantitative estimate of drug-likeness (QED) is 0.774. The summed E-state index contributed by atoms with van der Waals surface area (Å²) in [7, 11) is 0. The average Bonchev–Trinajstić information content (AvgIpc) is 2.17. The van der Waals surface area contributed by atoms with Crippen LogP contribution in [0.25, 0.3) is 0 Å². The molecule has 2 rings (SSSR count). The van der Waals surface area contributed by atoms with E-state index in [0.717, 1.165) is 18.5 Å². The third kappa shape index (κ3) is 2.70. The summed E-state index contributed by atoms with van der Waals surface area (Å²) in [5.41, 5.74) is 0.965. The largest absolute Gasteiger partial charge is 0.310 e. The highest BCUT2D eigenvalue weighted by atomic mass is 35.5. The van der Waals surface area contributed by atoms with Gasteiger partial charge in [-0.1, -0.05) is 18.5 Å². The Morgan fingerprint density at radius 1 is 1.33 bits per heavy atom. The minimum atomic E-state index is -0.252. The Labute approximate surface area is 94.6 Å². The maximum absolute atomic E-state index is 13.1. The van der Waals surface area contributed by atoms with E-state index in [2.05, 4.69) is 12.2 Å². The molecule has 0 spiro atoms. The van der Waals surface area contributed by atoms with E-state index in [1.54, 1.807) is 6.07 Å². The molecule has 1 aromatic rings. The Balaban J connectivity index is 2.15. The monoisotopic (exact) mass is 227 g/mol. The van der Waals surface area contributed by atoms with Gasteiger partial charge in [-0.3, -0.25) is 0 Å². The van der Waals surface area contributed by atoms with E-state index < -0.39 is 0 Å². The van der Waals surface area contributed by atoms with Crippen molar-refractivity contribution in [1.82, 2.24) is 5.32 Å². The molecule has 1 nitrogen and oxygen atoms in total. The molecule has 1 N–H and O–H groups in total. The van der Waals surface area contributed by atoms with Crippen LogP contribution in [0.5, 0.6) is 0 Å². The van der Waals surface area contributed by atoms with Crippen LogP contribution in [0, 0.1) is 11.7 Å². The zero-order chi connectivity index (χ0) is 10.8. The van der Waals surface area contributed by atoms with Gasteiger partial charge in [0.05, 0.1) is 0 Å². The van der Waals surface area contributed by atoms with E-state index in [9.17, 15) is 4.39 Å². The fourth-order valence-corrected chi connectivity index (χ4v) is 2.29. The van der Waals surface area contributed by atoms with E-state index in [-0.39, 0.29) is 11.9 Å². The third-order valence-corrected chi connectivity index (χ3v) is 3.17. The lowest BCUT2D eigenvalue weighted by Gasteiger charge is -2.28. The van der Waals surface area contributed by atoms with Crippen LogP contribution < -0.4 is 5.32 Å². The number of piperidine rings is 1. The SMILES string of the molecule is CC1CCC(c2cc(F)cc(Cl)c2)NC1. The molecule has 15 heavy (non-hydrogen) atoms. The van der Waals surface area contributed by atoms with E-state index >= 15 is 0 Å². The van der Waals surface area contributed by atoms with Crippen molar-refractivity contribution in [1.29, 1.82) is 0 Å². The second kappa shape index (κ2) is 4.50. The van der Waals surface area contributed by atoms with Crippen molar-refractivity contribution < 1.29 is 4.39 Å². The van der Waals surface area contributed by atoms with Crippen molar-refractivity contribution in [3.05, 3.63) is 34.6 Å². The molecule has 2 unspecified atom stereocenters. The molecular formula is C12H15ClFN. The zero-order valence-corrected chi connectivity index (χ0v) is 9.52. The Morgan fingerprint density at radius 3 is 2.73 bits per heavy atom. The van der Waals surface area contributed by atoms with Crippen molar-refractivity contribution in [2.75, 3.05) is 6.54 Å². The van der Waals surface area contributed by atoms with Crippen LogP contribution in [0.15, 0.2) is 18.2 Å². The maximum Gasteiger partial charge on any atom is 0.125 e. The van der Waals surface area contributed by atoms with E-state index in [4.69, 9.17) is 11.6 Å². The predicted octanol–water partition coefficient (Wildman–Crippen LogP) is 3.54. The van der Waals surface area contributed by atoms with Crippen molar-refractivity contribution in [2.24, 2.45) is 5.92 Å². The van der Waals surface area contributed by atoms with Gasteiger partial charge in [0, 0.05) is 11.1 Å². The molecule has 0 aliphatic carbocycles. The van der Waals surface area contributed by atoms with Gasteiger partial charge in [0.25, 0.3) is 0 Å². The fourth-order valence-electron chi connectivity index (χ4n) is 2.06. The van der Waals surface area contributed by atoms with Gasteiger partial charge in [-0.15, -0.1) is 0 Å². The first-order chi connectivity index (χ1) is 7.15. The lowest BCUT2D eigenvalue weighted by atomic mass is 9.92. The highest BCUT2D eigenvalue weighted by molar-refractivity contribution is 6.30. The number of hydrogen-bond acceptors (Lipinski definition) is 1. The second-order valence-electron chi connectivity index (χ2n) is 4.35. The molecule has 1 saturated heterocycles. The normalized spacial score (nSPS) is 26.6. The molecule has 1 fully saturated rings. The van der Waals surface area contributed by atoms with Crippen LogP contribution in [-0.4, -0.2) is 6.54 Å². The molecule has 0 radical (unpaired) electrons. The van der Waals surface area contributed by atoms with E-state index in [1.807, 2.05) is 6.07 Å². The predicted molar refractivity (Wildman–Crippen MR) is 60.6 cm³/mol. The van der Waals surface area contributed by atoms with Gasteiger partial charge in [-0.25, -0.2) is 4.39 Å². The minimum absolute atomic E-state index is 0.252. The van der Waals surface area contributed by atoms with Crippen LogP contribution >= 0.6 is 11.6 Å². The van der Waals surface area contributed by atoms with Crippen LogP contribution in [0.3, 0.4) is 0 Å². The summed E-state index contributed by atoms with van der Waals surface area (Å²) in [5.74, 6) is 0.461. The molecular weight excluding hydrogens is 213 g/mol. The standard InChI is InChI=1S/C12H15ClFN/c1-8-2-3-12(15-7-8)9-4-10(13)6-11(14)5-9/h4-6,8,12,15H,2-3,7H2,1H3. The minimum Gasteiger partial charge on any atom is -0.310 e. The van der Waals surface area contributed by atoms with Crippen molar-refractivity contribution >= 4 is 11.6 Å². The average molecular weight is 228 g/mol. The molecule has 0 aromatic heterocycles. The second-order valence-corrected chi connectivity index (χ2v) is 4.78. The van der Waals surface area contributed by atoms with Crippen LogP contribution in [0.4, 0.5) is 4.39 Å². The lowest BCUT2D eigenvalue weighted by Crippen LogP contribution is -2.31. The molecule has 82 valence electrons. The summed E-state index contributed by atoms with van der Waals surface area (Å²) < 4.78 is 13.1. The Hall–Kier alpha value is -0.600. The molecule has 2 atom stereocenters. The fraction of sp³-hybridized carbons (Fsp3) is 0.500. The van der Waals surface area contributed by atoms with E-state index in [1.165, 1.54) is 12.5 Å². The summed E-state index contributed by atoms with van der Waals surface area (Å²) in [6.45, 7) is 3.22. The third-order valence-electron chi connectivity index (χ3n) is 2.95. The summed E-state index contributed by atoms with van der Waals surface area (Å²) in [5, 5.41) is 3.89. The smallest absolute Gasteiger partial charge is 0.125 e. The number of rotatable bonds is 1. The van der Waals surface area contributed by atoms with E-state index in [0.29, 0.717) is 10.9 Å². The highest BCUT2D eigenvalue weighted by Gasteiger charge is 2.19. The Bertz CT molecular complexity index is 325. The number of benzene rings is 1. The first-order valence-corrected chi connectivity index (χ1v) is 5.72. The lowest BCUT2D eigenvalue weighted by molar-refractivity contribution is 0.332. The molecule has 1 heterocycles. The number of halogens is 2. The van der Waals surface area contributed by atoms with Gasteiger partial charge in [0.1, 0.15) is 5.82 Å². The zero-order valence-electron chi connectivity index (χ0n) is 8.76. The van der Waals surface area contributed by atoms with Crippen molar-refractivity contribution in [2.45, 2.75) is 25.8 Å². The molecule has 0 bridgehead atoms. The Morgan fingerprint density at radius 2 is 2.13 bits per heavy atom. The molecule has 1 aromatic carbocycles. The first-order valence-electron chi connectivity index (χ1n) is 5.34. The van der Waals surface area contributed by atoms with Gasteiger partial charge >= 0.3 is 0 Å².